The molecule has 70 valence electrons. The van der Waals surface area contributed by atoms with Crippen molar-refractivity contribution in [3.05, 3.63) is 18.0 Å². The van der Waals surface area contributed by atoms with Gasteiger partial charge in [-0.2, -0.15) is 0 Å². The van der Waals surface area contributed by atoms with Crippen LogP contribution in [0.1, 0.15) is 11.7 Å². The molecule has 1 N–H and O–H groups in total. The van der Waals surface area contributed by atoms with Crippen LogP contribution in [0.4, 0.5) is 4.39 Å². The largest absolute Gasteiger partial charge is 0.479 e. The summed E-state index contributed by atoms with van der Waals surface area (Å²) in [6.45, 7) is 0. The third kappa shape index (κ3) is 2.11. The highest BCUT2D eigenvalue weighted by Crippen LogP contribution is 2.16. The monoisotopic (exact) mass is 186 g/mol. The van der Waals surface area contributed by atoms with Crippen LogP contribution in [0.15, 0.2) is 12.4 Å². The number of halogens is 1. The second-order valence-electron chi connectivity index (χ2n) is 2.20. The van der Waals surface area contributed by atoms with E-state index >= 15 is 0 Å². The number of ether oxygens (including phenoxy) is 1. The van der Waals surface area contributed by atoms with Gasteiger partial charge in [0.25, 0.3) is 0 Å². The summed E-state index contributed by atoms with van der Waals surface area (Å²) in [5.41, 5.74) is -0.103. The van der Waals surface area contributed by atoms with Crippen LogP contribution in [0.2, 0.25) is 0 Å². The summed E-state index contributed by atoms with van der Waals surface area (Å²) in [7, 11) is 1.36. The van der Waals surface area contributed by atoms with Gasteiger partial charge in [-0.15, -0.1) is 0 Å². The number of carboxylic acid groups (broad SMARTS) is 1. The minimum Gasteiger partial charge on any atom is -0.479 e. The van der Waals surface area contributed by atoms with E-state index in [0.29, 0.717) is 0 Å². The molecule has 1 aromatic heterocycles. The highest BCUT2D eigenvalue weighted by molar-refractivity contribution is 5.73. The topological polar surface area (TPSA) is 72.3 Å². The minimum absolute atomic E-state index is 0.0707. The van der Waals surface area contributed by atoms with Crippen LogP contribution < -0.4 is 4.74 Å². The van der Waals surface area contributed by atoms with Crippen LogP contribution >= 0.6 is 0 Å². The highest BCUT2D eigenvalue weighted by atomic mass is 19.1. The highest BCUT2D eigenvalue weighted by Gasteiger charge is 2.18. The maximum Gasteiger partial charge on any atom is 0.343 e. The lowest BCUT2D eigenvalue weighted by molar-refractivity contribution is -0.143. The Bertz CT molecular complexity index is 301. The molecule has 1 aromatic rings. The molecule has 1 atom stereocenters. The van der Waals surface area contributed by atoms with Crippen molar-refractivity contribution in [3.63, 3.8) is 0 Å². The molecule has 0 radical (unpaired) electrons. The number of nitrogens with zero attached hydrogens (tertiary/aromatic N) is 2. The quantitative estimate of drug-likeness (QED) is 0.747. The number of alkyl halides is 1. The van der Waals surface area contributed by atoms with Crippen LogP contribution in [-0.2, 0) is 4.79 Å². The smallest absolute Gasteiger partial charge is 0.343 e. The first-order valence-corrected chi connectivity index (χ1v) is 3.38. The van der Waals surface area contributed by atoms with Gasteiger partial charge < -0.3 is 9.84 Å². The van der Waals surface area contributed by atoms with E-state index in [9.17, 15) is 9.18 Å². The molecule has 0 bridgehead atoms. The van der Waals surface area contributed by atoms with Gasteiger partial charge in [0.1, 0.15) is 0 Å². The first-order chi connectivity index (χ1) is 6.15. The number of aromatic nitrogens is 2. The standard InChI is InChI=1S/C7H7FN2O3/c1-13-7-9-2-4(3-10-7)5(8)6(11)12/h2-3,5H,1H3,(H,11,12). The summed E-state index contributed by atoms with van der Waals surface area (Å²) in [5, 5.41) is 8.30. The van der Waals surface area contributed by atoms with E-state index in [2.05, 4.69) is 14.7 Å². The Hall–Kier alpha value is -1.72. The second-order valence-corrected chi connectivity index (χ2v) is 2.20. The van der Waals surface area contributed by atoms with Crippen LogP contribution in [0.25, 0.3) is 0 Å². The molecule has 0 aromatic carbocycles. The fraction of sp³-hybridized carbons (Fsp3) is 0.286. The van der Waals surface area contributed by atoms with E-state index in [1.807, 2.05) is 0 Å². The van der Waals surface area contributed by atoms with Crippen LogP contribution in [-0.4, -0.2) is 28.2 Å². The first-order valence-electron chi connectivity index (χ1n) is 3.38. The van der Waals surface area contributed by atoms with Gasteiger partial charge in [0.2, 0.25) is 6.17 Å². The Labute approximate surface area is 73.2 Å². The van der Waals surface area contributed by atoms with Crippen LogP contribution in [0.5, 0.6) is 6.01 Å². The van der Waals surface area contributed by atoms with Crippen LogP contribution in [0, 0.1) is 0 Å². The lowest BCUT2D eigenvalue weighted by atomic mass is 10.2. The van der Waals surface area contributed by atoms with E-state index in [1.165, 1.54) is 7.11 Å². The Morgan fingerprint density at radius 1 is 1.62 bits per heavy atom. The normalized spacial score (nSPS) is 12.2. The van der Waals surface area contributed by atoms with Gasteiger partial charge in [0, 0.05) is 18.0 Å². The van der Waals surface area contributed by atoms with Crippen molar-refractivity contribution in [2.24, 2.45) is 0 Å². The molecule has 6 heteroatoms. The van der Waals surface area contributed by atoms with Gasteiger partial charge >= 0.3 is 12.0 Å². The minimum atomic E-state index is -2.09. The molecule has 0 saturated heterocycles. The zero-order valence-corrected chi connectivity index (χ0v) is 6.77. The lowest BCUT2D eigenvalue weighted by Gasteiger charge is -2.02. The average Bonchev–Trinajstić information content (AvgIpc) is 2.17. The predicted molar refractivity (Wildman–Crippen MR) is 40.1 cm³/mol. The molecule has 0 aliphatic rings. The Balaban J connectivity index is 2.85. The maximum atomic E-state index is 12.8. The number of carbonyl (C=O) groups is 1. The summed E-state index contributed by atoms with van der Waals surface area (Å²) in [5.74, 6) is -1.56. The average molecular weight is 186 g/mol. The van der Waals surface area contributed by atoms with Crippen LogP contribution in [0.3, 0.4) is 0 Å². The number of hydrogen-bond acceptors (Lipinski definition) is 4. The Kier molecular flexibility index (Phi) is 2.73. The molecular formula is C7H7FN2O3. The van der Waals surface area contributed by atoms with Gasteiger partial charge in [0.15, 0.2) is 0 Å². The van der Waals surface area contributed by atoms with Crippen molar-refractivity contribution in [1.29, 1.82) is 0 Å². The zero-order chi connectivity index (χ0) is 9.84. The first kappa shape index (κ1) is 9.37. The molecule has 0 aliphatic carbocycles. The molecule has 0 spiro atoms. The van der Waals surface area contributed by atoms with Gasteiger partial charge in [-0.3, -0.25) is 0 Å². The molecule has 0 fully saturated rings. The van der Waals surface area contributed by atoms with E-state index in [4.69, 9.17) is 5.11 Å². The number of aliphatic carboxylic acids is 1. The predicted octanol–water partition coefficient (Wildman–Crippen LogP) is 0.580. The summed E-state index contributed by atoms with van der Waals surface area (Å²) in [4.78, 5) is 17.3. The van der Waals surface area contributed by atoms with Crippen molar-refractivity contribution in [3.8, 4) is 6.01 Å². The molecule has 1 unspecified atom stereocenters. The molecule has 0 amide bonds. The molecule has 1 heterocycles. The lowest BCUT2D eigenvalue weighted by Crippen LogP contribution is -2.07. The molecule has 0 saturated carbocycles. The van der Waals surface area contributed by atoms with Crippen molar-refractivity contribution >= 4 is 5.97 Å². The molecule has 5 nitrogen and oxygen atoms in total. The summed E-state index contributed by atoms with van der Waals surface area (Å²) in [6.07, 6.45) is 0.0563. The summed E-state index contributed by atoms with van der Waals surface area (Å²) < 4.78 is 17.4. The van der Waals surface area contributed by atoms with Crippen molar-refractivity contribution in [1.82, 2.24) is 9.97 Å². The third-order valence-electron chi connectivity index (χ3n) is 1.34. The maximum absolute atomic E-state index is 12.8. The molecular weight excluding hydrogens is 179 g/mol. The van der Waals surface area contributed by atoms with Crippen molar-refractivity contribution in [2.75, 3.05) is 7.11 Å². The fourth-order valence-corrected chi connectivity index (χ4v) is 0.705. The summed E-state index contributed by atoms with van der Waals surface area (Å²) in [6, 6.07) is 0.0707. The van der Waals surface area contributed by atoms with E-state index < -0.39 is 12.1 Å². The number of methoxy groups -OCH3 is 1. The van der Waals surface area contributed by atoms with Crippen molar-refractivity contribution < 1.29 is 19.0 Å². The van der Waals surface area contributed by atoms with E-state index in [0.717, 1.165) is 12.4 Å². The number of carboxylic acids is 1. The molecule has 13 heavy (non-hydrogen) atoms. The van der Waals surface area contributed by atoms with Gasteiger partial charge in [0.05, 0.1) is 7.11 Å². The van der Waals surface area contributed by atoms with E-state index in [-0.39, 0.29) is 11.6 Å². The van der Waals surface area contributed by atoms with Gasteiger partial charge in [-0.05, 0) is 0 Å². The molecule has 0 aliphatic heterocycles. The Morgan fingerprint density at radius 2 is 2.15 bits per heavy atom. The van der Waals surface area contributed by atoms with Gasteiger partial charge in [-0.1, -0.05) is 0 Å². The van der Waals surface area contributed by atoms with E-state index in [1.54, 1.807) is 0 Å². The van der Waals surface area contributed by atoms with Crippen molar-refractivity contribution in [2.45, 2.75) is 6.17 Å². The van der Waals surface area contributed by atoms with Gasteiger partial charge in [-0.25, -0.2) is 19.2 Å². The fourth-order valence-electron chi connectivity index (χ4n) is 0.705. The number of rotatable bonds is 3. The summed E-state index contributed by atoms with van der Waals surface area (Å²) >= 11 is 0. The third-order valence-corrected chi connectivity index (χ3v) is 1.34. The number of hydrogen-bond donors (Lipinski definition) is 1. The second kappa shape index (κ2) is 3.79. The SMILES string of the molecule is COc1ncc(C(F)C(=O)O)cn1. The molecule has 1 rings (SSSR count). The Morgan fingerprint density at radius 3 is 2.54 bits per heavy atom. The zero-order valence-electron chi connectivity index (χ0n) is 6.77.